The van der Waals surface area contributed by atoms with Crippen LogP contribution in [-0.2, 0) is 9.59 Å². The topological polar surface area (TPSA) is 166 Å². The van der Waals surface area contributed by atoms with E-state index in [2.05, 4.69) is 24.9 Å². The number of piperazine rings is 1. The Balaban J connectivity index is 0.863. The minimum atomic E-state index is -0.961. The lowest BCUT2D eigenvalue weighted by Crippen LogP contribution is -2.61. The summed E-state index contributed by atoms with van der Waals surface area (Å²) in [5.41, 5.74) is 8.48. The van der Waals surface area contributed by atoms with Crippen molar-refractivity contribution < 1.29 is 24.1 Å². The van der Waals surface area contributed by atoms with Crippen molar-refractivity contribution >= 4 is 46.4 Å². The van der Waals surface area contributed by atoms with Gasteiger partial charge in [0.1, 0.15) is 11.7 Å². The van der Waals surface area contributed by atoms with Crippen LogP contribution >= 0.6 is 0 Å². The molecule has 5 aliphatic heterocycles. The number of nitro groups is 1. The molecule has 0 saturated carbocycles. The van der Waals surface area contributed by atoms with Crippen LogP contribution in [0.1, 0.15) is 46.4 Å². The van der Waals surface area contributed by atoms with Gasteiger partial charge in [0.25, 0.3) is 17.5 Å². The van der Waals surface area contributed by atoms with Gasteiger partial charge in [-0.25, -0.2) is 0 Å². The molecule has 5 aliphatic rings. The summed E-state index contributed by atoms with van der Waals surface area (Å²) < 4.78 is 0. The van der Waals surface area contributed by atoms with Gasteiger partial charge >= 0.3 is 0 Å². The monoisotopic (exact) mass is 630 g/mol. The fraction of sp³-hybridized carbons (Fsp3) is 0.500. The van der Waals surface area contributed by atoms with Crippen LogP contribution < -0.4 is 20.9 Å². The van der Waals surface area contributed by atoms with Crippen molar-refractivity contribution in [3.8, 4) is 0 Å². The van der Waals surface area contributed by atoms with E-state index < -0.39 is 28.7 Å². The smallest absolute Gasteiger partial charge is 0.292 e. The van der Waals surface area contributed by atoms with Gasteiger partial charge in [0.15, 0.2) is 0 Å². The molecular weight excluding hydrogens is 592 g/mol. The maximum absolute atomic E-state index is 13.2. The molecule has 1 unspecified atom stereocenters. The lowest BCUT2D eigenvalue weighted by molar-refractivity contribution is -0.383. The molecule has 3 N–H and O–H groups in total. The number of nitrogens with two attached hydrogens (primary N) is 1. The highest BCUT2D eigenvalue weighted by atomic mass is 16.6. The predicted molar refractivity (Wildman–Crippen MR) is 170 cm³/mol. The second-order valence-electron chi connectivity index (χ2n) is 13.0. The number of nitrogens with one attached hydrogen (secondary N) is 1. The average Bonchev–Trinajstić information content (AvgIpc) is 3.26. The number of fused-ring (bicyclic) bond motifs is 1. The number of piperidine rings is 2. The van der Waals surface area contributed by atoms with Gasteiger partial charge in [0.2, 0.25) is 11.8 Å². The molecule has 0 aliphatic carbocycles. The first kappa shape index (κ1) is 30.1. The lowest BCUT2D eigenvalue weighted by Gasteiger charge is -2.49. The molecule has 0 spiro atoms. The second-order valence-corrected chi connectivity index (χ2v) is 13.0. The third-order valence-corrected chi connectivity index (χ3v) is 10.3. The molecule has 46 heavy (non-hydrogen) atoms. The Labute approximate surface area is 266 Å². The summed E-state index contributed by atoms with van der Waals surface area (Å²) in [6, 6.07) is 9.77. The largest absolute Gasteiger partial charge is 0.393 e. The zero-order chi connectivity index (χ0) is 32.1. The number of amides is 4. The van der Waals surface area contributed by atoms with E-state index >= 15 is 0 Å². The first-order valence-electron chi connectivity index (χ1n) is 16.0. The SMILES string of the molecule is Nc1cc(N2CCN(CC3CCN(C4CN(c5ccc6c(c5)C(=O)N(C5CCC(=O)NC5=O)C6=O)C4)CC3)CC2)ccc1[N+](=O)[O-]. The van der Waals surface area contributed by atoms with Crippen molar-refractivity contribution in [3.05, 3.63) is 57.6 Å². The number of benzene rings is 2. The number of rotatable bonds is 7. The number of hydrogen-bond acceptors (Lipinski definition) is 11. The standard InChI is InChI=1S/C32H38N8O6/c33-26-16-22(2-4-27(26)40(45)46)37-13-11-35(12-14-37)17-20-7-9-36(10-8-20)23-18-38(19-23)21-1-3-24-25(15-21)32(44)39(31(24)43)28-5-6-29(41)34-30(28)42/h1-4,15-16,20,23,28H,5-14,17-19,33H2,(H,34,41,42). The van der Waals surface area contributed by atoms with Crippen LogP contribution in [0.5, 0.6) is 0 Å². The van der Waals surface area contributed by atoms with Gasteiger partial charge in [-0.15, -0.1) is 0 Å². The van der Waals surface area contributed by atoms with E-state index in [0.717, 1.165) is 88.0 Å². The Morgan fingerprint density at radius 2 is 1.50 bits per heavy atom. The summed E-state index contributed by atoms with van der Waals surface area (Å²) in [6.07, 6.45) is 2.55. The summed E-state index contributed by atoms with van der Waals surface area (Å²) in [7, 11) is 0. The minimum Gasteiger partial charge on any atom is -0.393 e. The van der Waals surface area contributed by atoms with E-state index in [9.17, 15) is 29.3 Å². The van der Waals surface area contributed by atoms with Gasteiger partial charge in [-0.05, 0) is 68.6 Å². The highest BCUT2D eigenvalue weighted by Gasteiger charge is 2.45. The molecule has 4 amide bonds. The third-order valence-electron chi connectivity index (χ3n) is 10.3. The number of nitrogen functional groups attached to an aromatic ring is 1. The molecule has 0 radical (unpaired) electrons. The van der Waals surface area contributed by atoms with Crippen LogP contribution in [0, 0.1) is 16.0 Å². The molecule has 2 aromatic rings. The Morgan fingerprint density at radius 1 is 0.826 bits per heavy atom. The maximum Gasteiger partial charge on any atom is 0.292 e. The lowest BCUT2D eigenvalue weighted by atomic mass is 9.93. The number of carbonyl (C=O) groups excluding carboxylic acids is 4. The van der Waals surface area contributed by atoms with E-state index in [1.165, 1.54) is 6.07 Å². The van der Waals surface area contributed by atoms with Crippen LogP contribution in [0.2, 0.25) is 0 Å². The zero-order valence-corrected chi connectivity index (χ0v) is 25.6. The maximum atomic E-state index is 13.2. The number of anilines is 3. The van der Waals surface area contributed by atoms with E-state index in [1.54, 1.807) is 24.3 Å². The summed E-state index contributed by atoms with van der Waals surface area (Å²) in [6.45, 7) is 8.56. The zero-order valence-electron chi connectivity index (χ0n) is 25.6. The Hall–Kier alpha value is -4.56. The summed E-state index contributed by atoms with van der Waals surface area (Å²) in [5.74, 6) is -1.30. The van der Waals surface area contributed by atoms with Crippen molar-refractivity contribution in [2.75, 3.05) is 74.4 Å². The molecule has 14 nitrogen and oxygen atoms in total. The van der Waals surface area contributed by atoms with Crippen LogP contribution in [0.15, 0.2) is 36.4 Å². The molecule has 14 heteroatoms. The molecule has 242 valence electrons. The molecular formula is C32H38N8O6. The van der Waals surface area contributed by atoms with Crippen LogP contribution in [0.3, 0.4) is 0 Å². The molecule has 1 atom stereocenters. The predicted octanol–water partition coefficient (Wildman–Crippen LogP) is 1.30. The van der Waals surface area contributed by atoms with Crippen molar-refractivity contribution in [3.63, 3.8) is 0 Å². The minimum absolute atomic E-state index is 0.0548. The first-order chi connectivity index (χ1) is 22.2. The van der Waals surface area contributed by atoms with Crippen LogP contribution in [-0.4, -0.2) is 114 Å². The highest BCUT2D eigenvalue weighted by molar-refractivity contribution is 6.23. The van der Waals surface area contributed by atoms with Crippen molar-refractivity contribution in [2.45, 2.75) is 37.8 Å². The molecule has 0 bridgehead atoms. The van der Waals surface area contributed by atoms with E-state index in [1.807, 2.05) is 6.07 Å². The average molecular weight is 631 g/mol. The molecule has 4 fully saturated rings. The summed E-state index contributed by atoms with van der Waals surface area (Å²) in [5, 5.41) is 13.3. The highest BCUT2D eigenvalue weighted by Crippen LogP contribution is 2.34. The van der Waals surface area contributed by atoms with E-state index in [4.69, 9.17) is 5.73 Å². The Morgan fingerprint density at radius 3 is 2.17 bits per heavy atom. The van der Waals surface area contributed by atoms with Crippen LogP contribution in [0.25, 0.3) is 0 Å². The van der Waals surface area contributed by atoms with E-state index in [0.29, 0.717) is 23.1 Å². The Bertz CT molecular complexity index is 1590. The van der Waals surface area contributed by atoms with Gasteiger partial charge in [0.05, 0.1) is 16.1 Å². The van der Waals surface area contributed by atoms with Gasteiger partial charge < -0.3 is 15.5 Å². The number of carbonyl (C=O) groups is 4. The van der Waals surface area contributed by atoms with Gasteiger partial charge in [-0.1, -0.05) is 0 Å². The van der Waals surface area contributed by atoms with Gasteiger partial charge in [-0.2, -0.15) is 0 Å². The number of nitro benzene ring substituents is 1. The summed E-state index contributed by atoms with van der Waals surface area (Å²) in [4.78, 5) is 71.3. The van der Waals surface area contributed by atoms with Gasteiger partial charge in [0, 0.05) is 75.7 Å². The fourth-order valence-electron chi connectivity index (χ4n) is 7.51. The normalized spacial score (nSPS) is 23.5. The number of hydrogen-bond donors (Lipinski definition) is 2. The van der Waals surface area contributed by atoms with Gasteiger partial charge in [-0.3, -0.25) is 49.3 Å². The number of imide groups is 2. The molecule has 0 aromatic heterocycles. The second kappa shape index (κ2) is 12.0. The number of likely N-dealkylation sites (tertiary alicyclic amines) is 1. The number of nitrogens with zero attached hydrogens (tertiary/aromatic N) is 6. The quantitative estimate of drug-likeness (QED) is 0.196. The van der Waals surface area contributed by atoms with Crippen LogP contribution in [0.4, 0.5) is 22.7 Å². The van der Waals surface area contributed by atoms with Crippen molar-refractivity contribution in [1.29, 1.82) is 0 Å². The van der Waals surface area contributed by atoms with E-state index in [-0.39, 0.29) is 30.1 Å². The molecule has 7 rings (SSSR count). The van der Waals surface area contributed by atoms with Crippen molar-refractivity contribution in [2.24, 2.45) is 5.92 Å². The third kappa shape index (κ3) is 5.55. The van der Waals surface area contributed by atoms with Crippen molar-refractivity contribution in [1.82, 2.24) is 20.0 Å². The molecule has 2 aromatic carbocycles. The first-order valence-corrected chi connectivity index (χ1v) is 16.0. The molecule has 4 saturated heterocycles. The summed E-state index contributed by atoms with van der Waals surface area (Å²) >= 11 is 0. The fourth-order valence-corrected chi connectivity index (χ4v) is 7.51. The Kier molecular flexibility index (Phi) is 7.85. The molecule has 5 heterocycles.